The molecule has 0 aliphatic rings. The Morgan fingerprint density at radius 2 is 1.96 bits per heavy atom. The van der Waals surface area contributed by atoms with Crippen LogP contribution in [-0.2, 0) is 6.54 Å². The number of aromatic hydroxyl groups is 1. The highest BCUT2D eigenvalue weighted by molar-refractivity contribution is 6.30. The summed E-state index contributed by atoms with van der Waals surface area (Å²) in [6.07, 6.45) is 1.46. The van der Waals surface area contributed by atoms with Crippen LogP contribution in [0.15, 0.2) is 29.1 Å². The second kappa shape index (κ2) is 7.33. The third-order valence-corrected chi connectivity index (χ3v) is 4.12. The van der Waals surface area contributed by atoms with E-state index in [1.807, 2.05) is 13.0 Å². The number of carbonyl (C=O) groups excluding carboxylic acids is 1. The van der Waals surface area contributed by atoms with Crippen molar-refractivity contribution in [3.63, 3.8) is 0 Å². The van der Waals surface area contributed by atoms with E-state index in [1.165, 1.54) is 19.1 Å². The van der Waals surface area contributed by atoms with E-state index in [4.69, 9.17) is 11.6 Å². The van der Waals surface area contributed by atoms with Crippen molar-refractivity contribution in [2.75, 3.05) is 0 Å². The first-order valence-electron chi connectivity index (χ1n) is 7.59. The lowest BCUT2D eigenvalue weighted by molar-refractivity contribution is 0.103. The van der Waals surface area contributed by atoms with Crippen LogP contribution in [0.1, 0.15) is 46.8 Å². The predicted octanol–water partition coefficient (Wildman–Crippen LogP) is 3.42. The first kappa shape index (κ1) is 17.8. The van der Waals surface area contributed by atoms with Gasteiger partial charge in [0.25, 0.3) is 5.56 Å². The van der Waals surface area contributed by atoms with E-state index < -0.39 is 17.2 Å². The predicted molar refractivity (Wildman–Crippen MR) is 91.6 cm³/mol. The van der Waals surface area contributed by atoms with Crippen molar-refractivity contribution in [2.24, 2.45) is 0 Å². The van der Waals surface area contributed by atoms with E-state index in [9.17, 15) is 20.0 Å². The molecule has 24 heavy (non-hydrogen) atoms. The maximum absolute atomic E-state index is 12.8. The van der Waals surface area contributed by atoms with Crippen molar-refractivity contribution < 1.29 is 9.90 Å². The Hall–Kier alpha value is -2.58. The summed E-state index contributed by atoms with van der Waals surface area (Å²) in [5, 5.41) is 20.3. The summed E-state index contributed by atoms with van der Waals surface area (Å²) in [7, 11) is 0. The molecule has 124 valence electrons. The van der Waals surface area contributed by atoms with E-state index in [-0.39, 0.29) is 23.2 Å². The number of rotatable bonds is 5. The van der Waals surface area contributed by atoms with Crippen LogP contribution in [0.2, 0.25) is 5.02 Å². The molecular formula is C18H17ClN2O3. The lowest BCUT2D eigenvalue weighted by Crippen LogP contribution is -2.26. The third kappa shape index (κ3) is 3.19. The Bertz CT molecular complexity index is 877. The first-order chi connectivity index (χ1) is 11.4. The maximum atomic E-state index is 12.8. The average Bonchev–Trinajstić information content (AvgIpc) is 2.55. The molecule has 1 aromatic heterocycles. The molecule has 2 rings (SSSR count). The lowest BCUT2D eigenvalue weighted by atomic mass is 9.97. The van der Waals surface area contributed by atoms with Gasteiger partial charge in [-0.1, -0.05) is 24.9 Å². The smallest absolute Gasteiger partial charge is 0.271 e. The fraction of sp³-hybridized carbons (Fsp3) is 0.278. The highest BCUT2D eigenvalue weighted by Gasteiger charge is 2.24. The molecule has 0 fully saturated rings. The van der Waals surface area contributed by atoms with Gasteiger partial charge in [-0.3, -0.25) is 14.2 Å². The second-order valence-electron chi connectivity index (χ2n) is 5.46. The highest BCUT2D eigenvalue weighted by Crippen LogP contribution is 2.25. The summed E-state index contributed by atoms with van der Waals surface area (Å²) in [6.45, 7) is 3.69. The SMILES string of the molecule is CCCCn1c(O)c(C(=O)c2ccc(Cl)cc2)c(C)c(C#N)c1=O. The summed E-state index contributed by atoms with van der Waals surface area (Å²) in [5.74, 6) is -0.853. The number of aromatic nitrogens is 1. The number of hydrogen-bond acceptors (Lipinski definition) is 4. The van der Waals surface area contributed by atoms with E-state index in [1.54, 1.807) is 12.1 Å². The van der Waals surface area contributed by atoms with Gasteiger partial charge in [0.15, 0.2) is 5.78 Å². The molecule has 5 nitrogen and oxygen atoms in total. The summed E-state index contributed by atoms with van der Waals surface area (Å²) >= 11 is 5.83. The van der Waals surface area contributed by atoms with Crippen molar-refractivity contribution in [3.05, 3.63) is 61.9 Å². The van der Waals surface area contributed by atoms with Crippen LogP contribution >= 0.6 is 11.6 Å². The largest absolute Gasteiger partial charge is 0.494 e. The Morgan fingerprint density at radius 1 is 1.33 bits per heavy atom. The van der Waals surface area contributed by atoms with Crippen molar-refractivity contribution in [1.82, 2.24) is 4.57 Å². The number of nitrogens with zero attached hydrogens (tertiary/aromatic N) is 2. The van der Waals surface area contributed by atoms with E-state index in [0.29, 0.717) is 17.0 Å². The molecule has 0 aliphatic heterocycles. The van der Waals surface area contributed by atoms with Crippen LogP contribution in [0.25, 0.3) is 0 Å². The summed E-state index contributed by atoms with van der Waals surface area (Å²) in [6, 6.07) is 8.06. The zero-order chi connectivity index (χ0) is 17.9. The molecule has 0 atom stereocenters. The van der Waals surface area contributed by atoms with Gasteiger partial charge >= 0.3 is 0 Å². The summed E-state index contributed by atoms with van der Waals surface area (Å²) in [5.41, 5.74) is -0.213. The molecule has 0 bridgehead atoms. The number of unbranched alkanes of at least 4 members (excludes halogenated alkanes) is 1. The Labute approximate surface area is 144 Å². The van der Waals surface area contributed by atoms with Gasteiger partial charge in [-0.05, 0) is 43.2 Å². The molecule has 1 aromatic carbocycles. The van der Waals surface area contributed by atoms with Gasteiger partial charge in [-0.15, -0.1) is 0 Å². The van der Waals surface area contributed by atoms with Crippen molar-refractivity contribution in [1.29, 1.82) is 5.26 Å². The zero-order valence-corrected chi connectivity index (χ0v) is 14.2. The molecule has 1 heterocycles. The van der Waals surface area contributed by atoms with Crippen LogP contribution in [0.3, 0.4) is 0 Å². The lowest BCUT2D eigenvalue weighted by Gasteiger charge is -2.15. The molecule has 0 amide bonds. The Morgan fingerprint density at radius 3 is 2.50 bits per heavy atom. The fourth-order valence-corrected chi connectivity index (χ4v) is 2.62. The summed E-state index contributed by atoms with van der Waals surface area (Å²) in [4.78, 5) is 25.1. The quantitative estimate of drug-likeness (QED) is 0.842. The van der Waals surface area contributed by atoms with E-state index >= 15 is 0 Å². The minimum atomic E-state index is -0.575. The minimum Gasteiger partial charge on any atom is -0.494 e. The molecule has 2 aromatic rings. The average molecular weight is 345 g/mol. The van der Waals surface area contributed by atoms with Gasteiger partial charge in [0.1, 0.15) is 11.6 Å². The molecular weight excluding hydrogens is 328 g/mol. The standard InChI is InChI=1S/C18H17ClN2O3/c1-3-4-9-21-17(23)14(10-20)11(2)15(18(21)24)16(22)12-5-7-13(19)8-6-12/h5-8,24H,3-4,9H2,1-2H3. The van der Waals surface area contributed by atoms with Crippen LogP contribution in [0.5, 0.6) is 5.88 Å². The topological polar surface area (TPSA) is 83.1 Å². The van der Waals surface area contributed by atoms with Gasteiger partial charge in [0.2, 0.25) is 5.88 Å². The maximum Gasteiger partial charge on any atom is 0.271 e. The van der Waals surface area contributed by atoms with Crippen molar-refractivity contribution in [3.8, 4) is 11.9 Å². The number of pyridine rings is 1. The fourth-order valence-electron chi connectivity index (χ4n) is 2.49. The molecule has 6 heteroatoms. The van der Waals surface area contributed by atoms with Crippen molar-refractivity contribution in [2.45, 2.75) is 33.2 Å². The molecule has 0 radical (unpaired) electrons. The Kier molecular flexibility index (Phi) is 5.42. The third-order valence-electron chi connectivity index (χ3n) is 3.87. The minimum absolute atomic E-state index is 0.0235. The van der Waals surface area contributed by atoms with Gasteiger partial charge in [0.05, 0.1) is 5.56 Å². The monoisotopic (exact) mass is 344 g/mol. The van der Waals surface area contributed by atoms with E-state index in [2.05, 4.69) is 0 Å². The molecule has 0 unspecified atom stereocenters. The number of carbonyl (C=O) groups is 1. The zero-order valence-electron chi connectivity index (χ0n) is 13.5. The van der Waals surface area contributed by atoms with Crippen LogP contribution in [0, 0.1) is 18.3 Å². The van der Waals surface area contributed by atoms with Crippen LogP contribution in [-0.4, -0.2) is 15.5 Å². The Balaban J connectivity index is 2.69. The number of halogens is 1. The number of ketones is 1. The van der Waals surface area contributed by atoms with Gasteiger partial charge in [-0.25, -0.2) is 0 Å². The van der Waals surface area contributed by atoms with Crippen LogP contribution < -0.4 is 5.56 Å². The summed E-state index contributed by atoms with van der Waals surface area (Å²) < 4.78 is 1.10. The molecule has 0 spiro atoms. The van der Waals surface area contributed by atoms with Gasteiger partial charge in [-0.2, -0.15) is 5.26 Å². The number of benzene rings is 1. The van der Waals surface area contributed by atoms with Crippen molar-refractivity contribution >= 4 is 17.4 Å². The molecule has 1 N–H and O–H groups in total. The normalized spacial score (nSPS) is 10.4. The van der Waals surface area contributed by atoms with Crippen LogP contribution in [0.4, 0.5) is 0 Å². The van der Waals surface area contributed by atoms with Gasteiger partial charge in [0, 0.05) is 17.1 Å². The second-order valence-corrected chi connectivity index (χ2v) is 5.89. The molecule has 0 saturated carbocycles. The van der Waals surface area contributed by atoms with E-state index in [0.717, 1.165) is 11.0 Å². The highest BCUT2D eigenvalue weighted by atomic mass is 35.5. The number of hydrogen-bond donors (Lipinski definition) is 1. The van der Waals surface area contributed by atoms with Gasteiger partial charge < -0.3 is 5.11 Å². The number of nitriles is 1. The molecule has 0 saturated heterocycles. The molecule has 0 aliphatic carbocycles. The first-order valence-corrected chi connectivity index (χ1v) is 7.96.